The summed E-state index contributed by atoms with van der Waals surface area (Å²) in [6.07, 6.45) is 8.03. The summed E-state index contributed by atoms with van der Waals surface area (Å²) in [5.74, 6) is 2.38. The zero-order valence-electron chi connectivity index (χ0n) is 12.4. The Morgan fingerprint density at radius 2 is 2.30 bits per heavy atom. The highest BCUT2D eigenvalue weighted by atomic mass is 16.5. The van der Waals surface area contributed by atoms with E-state index in [-0.39, 0.29) is 0 Å². The van der Waals surface area contributed by atoms with E-state index in [4.69, 9.17) is 10.1 Å². The molecule has 1 heterocycles. The number of ether oxygens (including phenoxy) is 1. The molecule has 2 heteroatoms. The lowest BCUT2D eigenvalue weighted by atomic mass is 9.85. The van der Waals surface area contributed by atoms with Crippen molar-refractivity contribution >= 4 is 11.8 Å². The zero-order chi connectivity index (χ0) is 14.1. The van der Waals surface area contributed by atoms with Crippen molar-refractivity contribution in [1.29, 1.82) is 5.41 Å². The molecular formula is C18H23NO. The molecule has 2 unspecified atom stereocenters. The van der Waals surface area contributed by atoms with Crippen LogP contribution in [0.4, 0.5) is 0 Å². The molecule has 0 saturated heterocycles. The molecule has 0 radical (unpaired) electrons. The smallest absolute Gasteiger partial charge is 0.123 e. The summed E-state index contributed by atoms with van der Waals surface area (Å²) in [4.78, 5) is 0. The summed E-state index contributed by atoms with van der Waals surface area (Å²) in [7, 11) is 0. The quantitative estimate of drug-likeness (QED) is 0.797. The Hall–Kier alpha value is -1.57. The molecule has 1 aromatic carbocycles. The van der Waals surface area contributed by atoms with Gasteiger partial charge in [-0.3, -0.25) is 0 Å². The van der Waals surface area contributed by atoms with Crippen LogP contribution >= 0.6 is 0 Å². The van der Waals surface area contributed by atoms with Crippen molar-refractivity contribution < 1.29 is 4.74 Å². The molecule has 1 N–H and O–H groups in total. The molecule has 0 bridgehead atoms. The Kier molecular flexibility index (Phi) is 3.64. The van der Waals surface area contributed by atoms with Gasteiger partial charge >= 0.3 is 0 Å². The molecule has 1 aromatic rings. The van der Waals surface area contributed by atoms with Crippen molar-refractivity contribution in [2.45, 2.75) is 45.4 Å². The van der Waals surface area contributed by atoms with Gasteiger partial charge in [-0.15, -0.1) is 0 Å². The first kappa shape index (κ1) is 13.4. The van der Waals surface area contributed by atoms with E-state index in [1.54, 1.807) is 0 Å². The number of nitrogens with one attached hydrogen (secondary N) is 1. The summed E-state index contributed by atoms with van der Waals surface area (Å²) in [6, 6.07) is 4.42. The second-order valence-corrected chi connectivity index (χ2v) is 6.04. The van der Waals surface area contributed by atoms with Crippen LogP contribution in [0.2, 0.25) is 0 Å². The van der Waals surface area contributed by atoms with Crippen LogP contribution in [-0.4, -0.2) is 12.8 Å². The van der Waals surface area contributed by atoms with E-state index in [9.17, 15) is 0 Å². The Bertz CT molecular complexity index is 559. The van der Waals surface area contributed by atoms with Crippen molar-refractivity contribution in [1.82, 2.24) is 0 Å². The van der Waals surface area contributed by atoms with Gasteiger partial charge in [-0.2, -0.15) is 0 Å². The molecule has 1 aliphatic heterocycles. The van der Waals surface area contributed by atoms with Crippen LogP contribution in [-0.2, 0) is 6.42 Å². The van der Waals surface area contributed by atoms with Crippen LogP contribution in [0.1, 0.15) is 55.7 Å². The predicted octanol–water partition coefficient (Wildman–Crippen LogP) is 4.58. The molecule has 20 heavy (non-hydrogen) atoms. The van der Waals surface area contributed by atoms with Crippen molar-refractivity contribution in [2.75, 3.05) is 6.61 Å². The van der Waals surface area contributed by atoms with Gasteiger partial charge in [0.15, 0.2) is 0 Å². The van der Waals surface area contributed by atoms with Crippen LogP contribution in [0, 0.1) is 11.3 Å². The lowest BCUT2D eigenvalue weighted by Gasteiger charge is -2.19. The molecule has 2 aliphatic rings. The fourth-order valence-corrected chi connectivity index (χ4v) is 3.85. The van der Waals surface area contributed by atoms with E-state index in [1.807, 2.05) is 6.08 Å². The third kappa shape index (κ3) is 2.07. The Morgan fingerprint density at radius 3 is 3.05 bits per heavy atom. The van der Waals surface area contributed by atoms with Gasteiger partial charge in [-0.25, -0.2) is 0 Å². The molecule has 2 nitrogen and oxygen atoms in total. The van der Waals surface area contributed by atoms with Gasteiger partial charge in [-0.05, 0) is 47.1 Å². The third-order valence-electron chi connectivity index (χ3n) is 4.79. The number of fused-ring (bicyclic) bond motifs is 3. The molecule has 0 fully saturated rings. The summed E-state index contributed by atoms with van der Waals surface area (Å²) in [5.41, 5.74) is 5.60. The lowest BCUT2D eigenvalue weighted by molar-refractivity contribution is 0.356. The second kappa shape index (κ2) is 5.43. The average Bonchev–Trinajstić information content (AvgIpc) is 3.03. The highest BCUT2D eigenvalue weighted by Gasteiger charge is 2.33. The minimum atomic E-state index is 0.613. The highest BCUT2D eigenvalue weighted by Crippen LogP contribution is 2.50. The largest absolute Gasteiger partial charge is 0.493 e. The zero-order valence-corrected chi connectivity index (χ0v) is 12.4. The second-order valence-electron chi connectivity index (χ2n) is 6.04. The van der Waals surface area contributed by atoms with E-state index in [1.165, 1.54) is 41.3 Å². The summed E-state index contributed by atoms with van der Waals surface area (Å²) >= 11 is 0. The molecule has 0 aromatic heterocycles. The van der Waals surface area contributed by atoms with Crippen LogP contribution in [0.15, 0.2) is 18.2 Å². The maximum Gasteiger partial charge on any atom is 0.123 e. The van der Waals surface area contributed by atoms with E-state index < -0.39 is 0 Å². The monoisotopic (exact) mass is 269 g/mol. The van der Waals surface area contributed by atoms with Gasteiger partial charge in [0, 0.05) is 18.2 Å². The molecule has 0 saturated carbocycles. The molecule has 0 spiro atoms. The molecule has 2 atom stereocenters. The number of rotatable bonds is 4. The Morgan fingerprint density at radius 1 is 1.45 bits per heavy atom. The summed E-state index contributed by atoms with van der Waals surface area (Å²) < 4.78 is 5.71. The Balaban J connectivity index is 2.07. The number of hydrogen-bond donors (Lipinski definition) is 1. The first-order chi connectivity index (χ1) is 9.76. The van der Waals surface area contributed by atoms with Crippen molar-refractivity contribution in [2.24, 2.45) is 5.92 Å². The summed E-state index contributed by atoms with van der Waals surface area (Å²) in [5, 5.41) is 7.43. The van der Waals surface area contributed by atoms with Crippen molar-refractivity contribution in [3.05, 3.63) is 34.9 Å². The van der Waals surface area contributed by atoms with Gasteiger partial charge in [0.1, 0.15) is 5.75 Å². The predicted molar refractivity (Wildman–Crippen MR) is 83.8 cm³/mol. The fourth-order valence-electron chi connectivity index (χ4n) is 3.85. The third-order valence-corrected chi connectivity index (χ3v) is 4.79. The van der Waals surface area contributed by atoms with Crippen LogP contribution in [0.5, 0.6) is 5.75 Å². The van der Waals surface area contributed by atoms with Crippen LogP contribution in [0.25, 0.3) is 5.57 Å². The van der Waals surface area contributed by atoms with Gasteiger partial charge < -0.3 is 10.1 Å². The van der Waals surface area contributed by atoms with E-state index >= 15 is 0 Å². The number of hydrogen-bond acceptors (Lipinski definition) is 2. The Labute approximate surface area is 121 Å². The van der Waals surface area contributed by atoms with Crippen LogP contribution in [0.3, 0.4) is 0 Å². The lowest BCUT2D eigenvalue weighted by Crippen LogP contribution is -2.06. The number of allylic oxidation sites excluding steroid dienone is 2. The maximum atomic E-state index is 7.43. The SMILES string of the molecule is CCCC(C)C1CC(=CC=N)c2c1ccc1c2CCO1. The molecule has 106 valence electrons. The van der Waals surface area contributed by atoms with Gasteiger partial charge in [0.2, 0.25) is 0 Å². The standard InChI is InChI=1S/C18H23NO/c1-3-4-12(2)16-11-13(7-9-19)18-14(16)5-6-17-15(18)8-10-20-17/h5-7,9,12,16,19H,3-4,8,10-11H2,1-2H3. The average molecular weight is 269 g/mol. The highest BCUT2D eigenvalue weighted by molar-refractivity contribution is 5.88. The first-order valence-electron chi connectivity index (χ1n) is 7.74. The van der Waals surface area contributed by atoms with Gasteiger partial charge in [0.05, 0.1) is 6.61 Å². The van der Waals surface area contributed by atoms with Crippen molar-refractivity contribution in [3.63, 3.8) is 0 Å². The van der Waals surface area contributed by atoms with Crippen molar-refractivity contribution in [3.8, 4) is 5.75 Å². The van der Waals surface area contributed by atoms with E-state index in [2.05, 4.69) is 26.0 Å². The van der Waals surface area contributed by atoms with Gasteiger partial charge in [-0.1, -0.05) is 32.8 Å². The topological polar surface area (TPSA) is 33.1 Å². The molecule has 1 aliphatic carbocycles. The van der Waals surface area contributed by atoms with Gasteiger partial charge in [0.25, 0.3) is 0 Å². The fraction of sp³-hybridized carbons (Fsp3) is 0.500. The number of benzene rings is 1. The summed E-state index contributed by atoms with van der Waals surface area (Å²) in [6.45, 7) is 5.44. The van der Waals surface area contributed by atoms with E-state index in [0.29, 0.717) is 11.8 Å². The molecular weight excluding hydrogens is 246 g/mol. The van der Waals surface area contributed by atoms with E-state index in [0.717, 1.165) is 25.2 Å². The van der Waals surface area contributed by atoms with Crippen LogP contribution < -0.4 is 4.74 Å². The molecule has 0 amide bonds. The normalized spacial score (nSPS) is 23.3. The minimum Gasteiger partial charge on any atom is -0.493 e. The first-order valence-corrected chi connectivity index (χ1v) is 7.74. The maximum absolute atomic E-state index is 7.43. The molecule has 3 rings (SSSR count). The minimum absolute atomic E-state index is 0.613.